The molecule has 19 heavy (non-hydrogen) atoms. The second-order valence-electron chi connectivity index (χ2n) is 4.34. The van der Waals surface area contributed by atoms with Crippen LogP contribution in [0.3, 0.4) is 0 Å². The molecule has 1 N–H and O–H groups in total. The minimum atomic E-state index is -0.192. The van der Waals surface area contributed by atoms with Crippen LogP contribution in [0.15, 0.2) is 28.9 Å². The fourth-order valence-electron chi connectivity index (χ4n) is 1.80. The number of aromatic nitrogens is 1. The van der Waals surface area contributed by atoms with Gasteiger partial charge in [0.15, 0.2) is 0 Å². The summed E-state index contributed by atoms with van der Waals surface area (Å²) in [6, 6.07) is 5.11. The topological polar surface area (TPSA) is 24.9 Å². The van der Waals surface area contributed by atoms with E-state index in [1.807, 2.05) is 19.2 Å². The molecule has 0 aliphatic carbocycles. The van der Waals surface area contributed by atoms with Crippen LogP contribution < -0.4 is 5.32 Å². The zero-order valence-corrected chi connectivity index (χ0v) is 13.3. The van der Waals surface area contributed by atoms with Crippen molar-refractivity contribution >= 4 is 27.3 Å². The van der Waals surface area contributed by atoms with Crippen LogP contribution in [0.4, 0.5) is 4.39 Å². The molecule has 2 rings (SSSR count). The van der Waals surface area contributed by atoms with Crippen molar-refractivity contribution in [1.82, 2.24) is 10.3 Å². The lowest BCUT2D eigenvalue weighted by molar-refractivity contribution is 0.527. The molecule has 1 aromatic carbocycles. The third-order valence-electron chi connectivity index (χ3n) is 2.94. The lowest BCUT2D eigenvalue weighted by Gasteiger charge is -2.14. The first-order valence-electron chi connectivity index (χ1n) is 6.22. The maximum Gasteiger partial charge on any atom is 0.129 e. The Morgan fingerprint density at radius 2 is 2.26 bits per heavy atom. The minimum absolute atomic E-state index is 0.0397. The molecule has 1 unspecified atom stereocenters. The van der Waals surface area contributed by atoms with Gasteiger partial charge < -0.3 is 5.32 Å². The molecule has 0 aliphatic rings. The van der Waals surface area contributed by atoms with Crippen LogP contribution >= 0.6 is 27.3 Å². The second-order valence-corrected chi connectivity index (χ2v) is 6.46. The average Bonchev–Trinajstić information content (AvgIpc) is 2.84. The van der Waals surface area contributed by atoms with Gasteiger partial charge in [-0.05, 0) is 25.5 Å². The predicted octanol–water partition coefficient (Wildman–Crippen LogP) is 4.46. The summed E-state index contributed by atoms with van der Waals surface area (Å²) in [5.74, 6) is -0.192. The van der Waals surface area contributed by atoms with Crippen molar-refractivity contribution in [2.24, 2.45) is 0 Å². The van der Waals surface area contributed by atoms with Crippen LogP contribution in [-0.2, 0) is 13.0 Å². The van der Waals surface area contributed by atoms with Crippen molar-refractivity contribution in [3.05, 3.63) is 50.1 Å². The Kier molecular flexibility index (Phi) is 5.07. The number of nitrogens with zero attached hydrogens (tertiary/aromatic N) is 1. The van der Waals surface area contributed by atoms with E-state index in [4.69, 9.17) is 0 Å². The van der Waals surface area contributed by atoms with Gasteiger partial charge in [0.25, 0.3) is 0 Å². The van der Waals surface area contributed by atoms with Gasteiger partial charge in [0.1, 0.15) is 10.8 Å². The van der Waals surface area contributed by atoms with Crippen molar-refractivity contribution in [2.45, 2.75) is 32.9 Å². The van der Waals surface area contributed by atoms with E-state index < -0.39 is 0 Å². The van der Waals surface area contributed by atoms with Crippen LogP contribution in [0.2, 0.25) is 0 Å². The summed E-state index contributed by atoms with van der Waals surface area (Å²) in [4.78, 5) is 5.62. The number of rotatable bonds is 5. The molecule has 1 heterocycles. The quantitative estimate of drug-likeness (QED) is 0.867. The Bertz CT molecular complexity index is 556. The summed E-state index contributed by atoms with van der Waals surface area (Å²) >= 11 is 4.96. The van der Waals surface area contributed by atoms with Crippen molar-refractivity contribution in [3.63, 3.8) is 0 Å². The standard InChI is InChI=1S/C14H16BrFN2S/c1-3-11-7-18-14(19-11)8-17-9(2)12-5-4-10(15)6-13(12)16/h4-7,9,17H,3,8H2,1-2H3. The Hall–Kier alpha value is -0.780. The molecule has 0 bridgehead atoms. The normalized spacial score (nSPS) is 12.6. The van der Waals surface area contributed by atoms with Gasteiger partial charge in [-0.15, -0.1) is 11.3 Å². The third-order valence-corrected chi connectivity index (χ3v) is 4.57. The van der Waals surface area contributed by atoms with Crippen molar-refractivity contribution in [2.75, 3.05) is 0 Å². The number of benzene rings is 1. The lowest BCUT2D eigenvalue weighted by Crippen LogP contribution is -2.19. The number of thiazole rings is 1. The zero-order chi connectivity index (χ0) is 13.8. The average molecular weight is 343 g/mol. The Balaban J connectivity index is 1.98. The van der Waals surface area contributed by atoms with E-state index in [0.29, 0.717) is 12.1 Å². The third kappa shape index (κ3) is 3.84. The molecule has 5 heteroatoms. The van der Waals surface area contributed by atoms with Gasteiger partial charge in [0.2, 0.25) is 0 Å². The molecule has 0 saturated carbocycles. The molecule has 0 aliphatic heterocycles. The molecule has 1 atom stereocenters. The molecular formula is C14H16BrFN2S. The predicted molar refractivity (Wildman–Crippen MR) is 80.8 cm³/mol. The zero-order valence-electron chi connectivity index (χ0n) is 10.9. The van der Waals surface area contributed by atoms with E-state index in [9.17, 15) is 4.39 Å². The molecule has 2 aromatic rings. The number of hydrogen-bond donors (Lipinski definition) is 1. The van der Waals surface area contributed by atoms with Crippen LogP contribution in [-0.4, -0.2) is 4.98 Å². The molecule has 1 aromatic heterocycles. The maximum atomic E-state index is 13.8. The molecule has 0 fully saturated rings. The van der Waals surface area contributed by atoms with E-state index in [2.05, 4.69) is 33.2 Å². The lowest BCUT2D eigenvalue weighted by atomic mass is 10.1. The van der Waals surface area contributed by atoms with Crippen LogP contribution in [0.1, 0.15) is 35.3 Å². The molecule has 0 spiro atoms. The highest BCUT2D eigenvalue weighted by Gasteiger charge is 2.11. The monoisotopic (exact) mass is 342 g/mol. The Morgan fingerprint density at radius 1 is 1.47 bits per heavy atom. The molecule has 2 nitrogen and oxygen atoms in total. The number of nitrogens with one attached hydrogen (secondary N) is 1. The highest BCUT2D eigenvalue weighted by molar-refractivity contribution is 9.10. The van der Waals surface area contributed by atoms with Gasteiger partial charge in [-0.25, -0.2) is 9.37 Å². The highest BCUT2D eigenvalue weighted by atomic mass is 79.9. The van der Waals surface area contributed by atoms with Crippen LogP contribution in [0, 0.1) is 5.82 Å². The van der Waals surface area contributed by atoms with Crippen LogP contribution in [0.5, 0.6) is 0 Å². The van der Waals surface area contributed by atoms with Gasteiger partial charge in [-0.3, -0.25) is 0 Å². The van der Waals surface area contributed by atoms with Crippen molar-refractivity contribution < 1.29 is 4.39 Å². The molecule has 102 valence electrons. The van der Waals surface area contributed by atoms with Crippen molar-refractivity contribution in [1.29, 1.82) is 0 Å². The summed E-state index contributed by atoms with van der Waals surface area (Å²) in [5, 5.41) is 4.35. The summed E-state index contributed by atoms with van der Waals surface area (Å²) in [5.41, 5.74) is 0.676. The highest BCUT2D eigenvalue weighted by Crippen LogP contribution is 2.21. The van der Waals surface area contributed by atoms with E-state index >= 15 is 0 Å². The fraction of sp³-hybridized carbons (Fsp3) is 0.357. The second kappa shape index (κ2) is 6.59. The summed E-state index contributed by atoms with van der Waals surface area (Å²) in [6.45, 7) is 4.74. The summed E-state index contributed by atoms with van der Waals surface area (Å²) in [7, 11) is 0. The van der Waals surface area contributed by atoms with Gasteiger partial charge in [-0.1, -0.05) is 28.9 Å². The number of halogens is 2. The van der Waals surface area contributed by atoms with Gasteiger partial charge in [0, 0.05) is 33.7 Å². The molecule has 0 radical (unpaired) electrons. The fourth-order valence-corrected chi connectivity index (χ4v) is 2.94. The Labute approximate surface area is 125 Å². The van der Waals surface area contributed by atoms with Crippen LogP contribution in [0.25, 0.3) is 0 Å². The first kappa shape index (κ1) is 14.6. The summed E-state index contributed by atoms with van der Waals surface area (Å²) in [6.07, 6.45) is 2.92. The molecule has 0 saturated heterocycles. The maximum absolute atomic E-state index is 13.8. The largest absolute Gasteiger partial charge is 0.304 e. The Morgan fingerprint density at radius 3 is 2.89 bits per heavy atom. The molecule has 0 amide bonds. The first-order valence-corrected chi connectivity index (χ1v) is 7.83. The van der Waals surface area contributed by atoms with Gasteiger partial charge in [-0.2, -0.15) is 0 Å². The van der Waals surface area contributed by atoms with E-state index in [0.717, 1.165) is 15.9 Å². The van der Waals surface area contributed by atoms with Gasteiger partial charge >= 0.3 is 0 Å². The van der Waals surface area contributed by atoms with E-state index in [-0.39, 0.29) is 11.9 Å². The molecular weight excluding hydrogens is 327 g/mol. The minimum Gasteiger partial charge on any atom is -0.304 e. The summed E-state index contributed by atoms with van der Waals surface area (Å²) < 4.78 is 14.6. The van der Waals surface area contributed by atoms with E-state index in [1.165, 1.54) is 10.9 Å². The first-order chi connectivity index (χ1) is 9.10. The van der Waals surface area contributed by atoms with E-state index in [1.54, 1.807) is 17.4 Å². The smallest absolute Gasteiger partial charge is 0.129 e. The SMILES string of the molecule is CCc1cnc(CNC(C)c2ccc(Br)cc2F)s1. The van der Waals surface area contributed by atoms with Crippen molar-refractivity contribution in [3.8, 4) is 0 Å². The number of hydrogen-bond acceptors (Lipinski definition) is 3. The van der Waals surface area contributed by atoms with Gasteiger partial charge in [0.05, 0.1) is 0 Å². The number of aryl methyl sites for hydroxylation is 1.